The predicted octanol–water partition coefficient (Wildman–Crippen LogP) is 2.83. The zero-order valence-electron chi connectivity index (χ0n) is 10.0. The molecule has 3 N–H and O–H groups in total. The molecule has 0 atom stereocenters. The van der Waals surface area contributed by atoms with E-state index in [0.29, 0.717) is 10.2 Å². The van der Waals surface area contributed by atoms with Crippen LogP contribution in [0.25, 0.3) is 0 Å². The molecule has 0 spiro atoms. The molecular formula is C12H9BrN4O3. The summed E-state index contributed by atoms with van der Waals surface area (Å²) >= 11 is 3.17. The number of nitro benzene ring substituents is 1. The summed E-state index contributed by atoms with van der Waals surface area (Å²) in [6.07, 6.45) is 1.41. The van der Waals surface area contributed by atoms with Crippen LogP contribution < -0.4 is 10.5 Å². The summed E-state index contributed by atoms with van der Waals surface area (Å²) in [4.78, 5) is 14.3. The Morgan fingerprint density at radius 3 is 2.80 bits per heavy atom. The maximum absolute atomic E-state index is 11.0. The van der Waals surface area contributed by atoms with Gasteiger partial charge in [0.15, 0.2) is 0 Å². The maximum Gasteiger partial charge on any atom is 0.312 e. The second-order valence-electron chi connectivity index (χ2n) is 3.76. The zero-order valence-corrected chi connectivity index (χ0v) is 11.6. The van der Waals surface area contributed by atoms with Crippen molar-refractivity contribution in [2.75, 3.05) is 0 Å². The molecule has 2 aromatic rings. The molecule has 8 heteroatoms. The number of pyridine rings is 1. The van der Waals surface area contributed by atoms with Gasteiger partial charge in [0.2, 0.25) is 5.75 Å². The van der Waals surface area contributed by atoms with Crippen molar-refractivity contribution in [2.45, 2.75) is 0 Å². The molecule has 1 aromatic heterocycles. The number of amidine groups is 1. The number of nitrogens with zero attached hydrogens (tertiary/aromatic N) is 2. The molecule has 0 aliphatic rings. The van der Waals surface area contributed by atoms with E-state index in [-0.39, 0.29) is 23.0 Å². The molecule has 0 aliphatic heterocycles. The smallest absolute Gasteiger partial charge is 0.312 e. The highest BCUT2D eigenvalue weighted by Crippen LogP contribution is 2.33. The van der Waals surface area contributed by atoms with Crippen molar-refractivity contribution < 1.29 is 9.66 Å². The molecule has 2 rings (SSSR count). The number of aromatic nitrogens is 1. The monoisotopic (exact) mass is 336 g/mol. The summed E-state index contributed by atoms with van der Waals surface area (Å²) in [6, 6.07) is 7.43. The lowest BCUT2D eigenvalue weighted by Gasteiger charge is -2.07. The van der Waals surface area contributed by atoms with Gasteiger partial charge in [0.05, 0.1) is 4.92 Å². The van der Waals surface area contributed by atoms with Crippen LogP contribution in [0.4, 0.5) is 5.69 Å². The van der Waals surface area contributed by atoms with Crippen molar-refractivity contribution in [3.63, 3.8) is 0 Å². The summed E-state index contributed by atoms with van der Waals surface area (Å²) in [5.74, 6) is 0.204. The van der Waals surface area contributed by atoms with Crippen molar-refractivity contribution in [3.8, 4) is 11.5 Å². The Kier molecular flexibility index (Phi) is 3.94. The quantitative estimate of drug-likeness (QED) is 0.385. The third-order valence-electron chi connectivity index (χ3n) is 2.35. The highest BCUT2D eigenvalue weighted by Gasteiger charge is 2.16. The maximum atomic E-state index is 11.0. The van der Waals surface area contributed by atoms with Crippen LogP contribution >= 0.6 is 15.9 Å². The second-order valence-corrected chi connectivity index (χ2v) is 4.68. The van der Waals surface area contributed by atoms with Crippen molar-refractivity contribution in [3.05, 3.63) is 56.8 Å². The minimum Gasteiger partial charge on any atom is -0.450 e. The van der Waals surface area contributed by atoms with Gasteiger partial charge in [-0.05, 0) is 18.2 Å². The number of rotatable bonds is 4. The number of nitrogens with one attached hydrogen (secondary N) is 1. The van der Waals surface area contributed by atoms with Crippen LogP contribution in [0.15, 0.2) is 41.0 Å². The summed E-state index contributed by atoms with van der Waals surface area (Å²) < 4.78 is 6.04. The second kappa shape index (κ2) is 5.66. The highest BCUT2D eigenvalue weighted by molar-refractivity contribution is 9.10. The first kappa shape index (κ1) is 13.9. The lowest BCUT2D eigenvalue weighted by molar-refractivity contribution is -0.385. The van der Waals surface area contributed by atoms with Gasteiger partial charge in [-0.2, -0.15) is 0 Å². The number of hydrogen-bond acceptors (Lipinski definition) is 5. The first-order valence-corrected chi connectivity index (χ1v) is 6.19. The van der Waals surface area contributed by atoms with E-state index in [1.807, 2.05) is 0 Å². The number of benzene rings is 1. The van der Waals surface area contributed by atoms with Crippen molar-refractivity contribution in [1.29, 1.82) is 5.41 Å². The Morgan fingerprint density at radius 2 is 2.15 bits per heavy atom. The molecule has 0 amide bonds. The van der Waals surface area contributed by atoms with Crippen LogP contribution in [0, 0.1) is 15.5 Å². The zero-order chi connectivity index (χ0) is 14.7. The van der Waals surface area contributed by atoms with E-state index in [0.717, 1.165) is 0 Å². The molecule has 20 heavy (non-hydrogen) atoms. The molecule has 0 fully saturated rings. The molecular weight excluding hydrogens is 328 g/mol. The Balaban J connectivity index is 2.37. The van der Waals surface area contributed by atoms with Gasteiger partial charge < -0.3 is 10.5 Å². The van der Waals surface area contributed by atoms with Crippen molar-refractivity contribution >= 4 is 27.5 Å². The summed E-state index contributed by atoms with van der Waals surface area (Å²) in [7, 11) is 0. The van der Waals surface area contributed by atoms with Gasteiger partial charge in [-0.15, -0.1) is 0 Å². The Morgan fingerprint density at radius 1 is 1.40 bits per heavy atom. The fourth-order valence-electron chi connectivity index (χ4n) is 1.47. The van der Waals surface area contributed by atoms with E-state index in [4.69, 9.17) is 15.9 Å². The fraction of sp³-hybridized carbons (Fsp3) is 0. The van der Waals surface area contributed by atoms with Crippen LogP contribution in [0.3, 0.4) is 0 Å². The van der Waals surface area contributed by atoms with Gasteiger partial charge in [-0.25, -0.2) is 0 Å². The van der Waals surface area contributed by atoms with Crippen LogP contribution in [0.5, 0.6) is 11.5 Å². The molecule has 7 nitrogen and oxygen atoms in total. The Labute approximate surface area is 122 Å². The van der Waals surface area contributed by atoms with Crippen LogP contribution in [0.1, 0.15) is 5.69 Å². The molecule has 0 bridgehead atoms. The first-order chi connectivity index (χ1) is 9.47. The number of nitrogens with two attached hydrogens (primary N) is 1. The Bertz CT molecular complexity index is 690. The van der Waals surface area contributed by atoms with Gasteiger partial charge in [0.1, 0.15) is 17.3 Å². The first-order valence-electron chi connectivity index (χ1n) is 5.39. The minimum atomic E-state index is -0.535. The van der Waals surface area contributed by atoms with Crippen molar-refractivity contribution in [2.24, 2.45) is 5.73 Å². The summed E-state index contributed by atoms with van der Waals surface area (Å²) in [5, 5.41) is 18.3. The lowest BCUT2D eigenvalue weighted by atomic mass is 10.3. The van der Waals surface area contributed by atoms with Gasteiger partial charge in [0, 0.05) is 22.8 Å². The molecule has 0 unspecified atom stereocenters. The largest absolute Gasteiger partial charge is 0.450 e. The summed E-state index contributed by atoms with van der Waals surface area (Å²) in [6.45, 7) is 0. The van der Waals surface area contributed by atoms with Gasteiger partial charge in [-0.1, -0.05) is 15.9 Å². The van der Waals surface area contributed by atoms with Crippen LogP contribution in [-0.2, 0) is 0 Å². The number of halogens is 1. The average Bonchev–Trinajstić information content (AvgIpc) is 2.41. The van der Waals surface area contributed by atoms with Crippen LogP contribution in [-0.4, -0.2) is 15.7 Å². The minimum absolute atomic E-state index is 0.0962. The number of hydrogen-bond donors (Lipinski definition) is 2. The normalized spacial score (nSPS) is 10.1. The lowest BCUT2D eigenvalue weighted by Crippen LogP contribution is -2.12. The Hall–Kier alpha value is -2.48. The highest BCUT2D eigenvalue weighted by atomic mass is 79.9. The van der Waals surface area contributed by atoms with E-state index in [1.54, 1.807) is 6.07 Å². The topological polar surface area (TPSA) is 115 Å². The van der Waals surface area contributed by atoms with Gasteiger partial charge in [-0.3, -0.25) is 20.5 Å². The summed E-state index contributed by atoms with van der Waals surface area (Å²) in [5.41, 5.74) is 5.40. The molecule has 0 radical (unpaired) electrons. The van der Waals surface area contributed by atoms with E-state index in [2.05, 4.69) is 20.9 Å². The standard InChI is InChI=1S/C12H9BrN4O3/c13-7-1-2-11(10(5-7)17(18)19)20-8-3-4-16-9(6-8)12(14)15/h1-6H,(H3,14,15). The third-order valence-corrected chi connectivity index (χ3v) is 2.85. The molecule has 0 aliphatic carbocycles. The van der Waals surface area contributed by atoms with E-state index < -0.39 is 4.92 Å². The fourth-order valence-corrected chi connectivity index (χ4v) is 1.82. The molecule has 1 aromatic carbocycles. The van der Waals surface area contributed by atoms with E-state index in [9.17, 15) is 10.1 Å². The van der Waals surface area contributed by atoms with Crippen molar-refractivity contribution in [1.82, 2.24) is 4.98 Å². The predicted molar refractivity (Wildman–Crippen MR) is 76.1 cm³/mol. The average molecular weight is 337 g/mol. The SMILES string of the molecule is N=C(N)c1cc(Oc2ccc(Br)cc2[N+](=O)[O-])ccn1. The molecule has 1 heterocycles. The number of nitro groups is 1. The number of ether oxygens (including phenoxy) is 1. The molecule has 0 saturated carbocycles. The molecule has 102 valence electrons. The van der Waals surface area contributed by atoms with Crippen LogP contribution in [0.2, 0.25) is 0 Å². The number of nitrogen functional groups attached to an aromatic ring is 1. The molecule has 0 saturated heterocycles. The third kappa shape index (κ3) is 3.09. The van der Waals surface area contributed by atoms with E-state index in [1.165, 1.54) is 30.5 Å². The van der Waals surface area contributed by atoms with Gasteiger partial charge >= 0.3 is 5.69 Å². The van der Waals surface area contributed by atoms with E-state index >= 15 is 0 Å². The van der Waals surface area contributed by atoms with Gasteiger partial charge in [0.25, 0.3) is 0 Å².